The summed E-state index contributed by atoms with van der Waals surface area (Å²) in [5.41, 5.74) is -0.125. The number of esters is 1. The lowest BCUT2D eigenvalue weighted by Gasteiger charge is -2.20. The van der Waals surface area contributed by atoms with E-state index < -0.39 is 17.4 Å². The molecule has 0 radical (unpaired) electrons. The lowest BCUT2D eigenvalue weighted by molar-refractivity contribution is -0.150. The third-order valence-corrected chi connectivity index (χ3v) is 2.67. The van der Waals surface area contributed by atoms with Crippen LogP contribution in [0.3, 0.4) is 0 Å². The number of hydrogen-bond donors (Lipinski definition) is 0. The van der Waals surface area contributed by atoms with E-state index >= 15 is 0 Å². The van der Waals surface area contributed by atoms with Crippen LogP contribution in [0.1, 0.15) is 26.3 Å². The van der Waals surface area contributed by atoms with E-state index in [0.29, 0.717) is 5.56 Å². The van der Waals surface area contributed by atoms with E-state index in [9.17, 15) is 9.59 Å². The predicted molar refractivity (Wildman–Crippen MR) is 82.6 cm³/mol. The Bertz CT molecular complexity index is 561. The van der Waals surface area contributed by atoms with Crippen LogP contribution in [0, 0.1) is 0 Å². The number of carbonyl (C=O) groups is 2. The molecule has 21 heavy (non-hydrogen) atoms. The largest absolute Gasteiger partial charge is 0.456 e. The van der Waals surface area contributed by atoms with E-state index in [1.54, 1.807) is 39.2 Å². The van der Waals surface area contributed by atoms with Crippen molar-refractivity contribution >= 4 is 33.8 Å². The molecule has 0 aliphatic carbocycles. The Balaban J connectivity index is 3.13. The Hall–Kier alpha value is -1.53. The number of pyridine rings is 1. The first-order chi connectivity index (χ1) is 9.73. The predicted octanol–water partition coefficient (Wildman–Crippen LogP) is 2.78. The monoisotopic (exact) mass is 355 g/mol. The molecule has 0 fully saturated rings. The van der Waals surface area contributed by atoms with Crippen LogP contribution in [0.2, 0.25) is 0 Å². The summed E-state index contributed by atoms with van der Waals surface area (Å²) in [4.78, 5) is 28.2. The zero-order valence-corrected chi connectivity index (χ0v) is 14.1. The zero-order valence-electron chi connectivity index (χ0n) is 12.5. The van der Waals surface area contributed by atoms with Gasteiger partial charge in [-0.05, 0) is 54.4 Å². The van der Waals surface area contributed by atoms with E-state index in [-0.39, 0.29) is 12.2 Å². The molecular formula is C15H18BrNO4. The van der Waals surface area contributed by atoms with Crippen LogP contribution in [-0.2, 0) is 19.1 Å². The molecular weight excluding hydrogens is 338 g/mol. The minimum atomic E-state index is -0.682. The first-order valence-corrected chi connectivity index (χ1v) is 7.10. The number of Topliss-reactive ketones (excluding diaryl/α,β-unsaturated/α-hetero) is 1. The highest BCUT2D eigenvalue weighted by Gasteiger charge is 2.24. The van der Waals surface area contributed by atoms with Crippen LogP contribution in [-0.4, -0.2) is 36.1 Å². The minimum Gasteiger partial charge on any atom is -0.456 e. The van der Waals surface area contributed by atoms with E-state index in [2.05, 4.69) is 20.9 Å². The highest BCUT2D eigenvalue weighted by Crippen LogP contribution is 2.17. The highest BCUT2D eigenvalue weighted by atomic mass is 79.9. The van der Waals surface area contributed by atoms with Crippen molar-refractivity contribution in [3.8, 4) is 0 Å². The van der Waals surface area contributed by atoms with Crippen molar-refractivity contribution in [1.29, 1.82) is 0 Å². The molecule has 0 N–H and O–H groups in total. The van der Waals surface area contributed by atoms with Gasteiger partial charge >= 0.3 is 5.97 Å². The van der Waals surface area contributed by atoms with Gasteiger partial charge in [0, 0.05) is 24.0 Å². The first-order valence-electron chi connectivity index (χ1n) is 6.30. The molecule has 0 unspecified atom stereocenters. The Morgan fingerprint density at radius 1 is 1.33 bits per heavy atom. The van der Waals surface area contributed by atoms with Gasteiger partial charge in [-0.15, -0.1) is 0 Å². The summed E-state index contributed by atoms with van der Waals surface area (Å²) >= 11 is 3.29. The van der Waals surface area contributed by atoms with Crippen molar-refractivity contribution in [3.05, 3.63) is 34.1 Å². The van der Waals surface area contributed by atoms with Crippen LogP contribution >= 0.6 is 15.9 Å². The van der Waals surface area contributed by atoms with Crippen molar-refractivity contribution in [3.63, 3.8) is 0 Å². The summed E-state index contributed by atoms with van der Waals surface area (Å²) in [5, 5.41) is 0. The fraction of sp³-hybridized carbons (Fsp3) is 0.400. The first kappa shape index (κ1) is 17.5. The van der Waals surface area contributed by atoms with Gasteiger partial charge in [0.1, 0.15) is 17.8 Å². The van der Waals surface area contributed by atoms with Gasteiger partial charge in [-0.1, -0.05) is 0 Å². The average Bonchev–Trinajstić information content (AvgIpc) is 2.34. The van der Waals surface area contributed by atoms with Crippen LogP contribution < -0.4 is 0 Å². The molecule has 1 rings (SSSR count). The molecule has 0 spiro atoms. The summed E-state index contributed by atoms with van der Waals surface area (Å²) in [5.74, 6) is -1.11. The maximum Gasteiger partial charge on any atom is 0.342 e. The molecule has 1 aromatic rings. The Kier molecular flexibility index (Phi) is 6.23. The van der Waals surface area contributed by atoms with Gasteiger partial charge in [-0.25, -0.2) is 4.79 Å². The van der Waals surface area contributed by atoms with E-state index in [4.69, 9.17) is 9.47 Å². The van der Waals surface area contributed by atoms with Crippen molar-refractivity contribution in [2.75, 3.05) is 13.7 Å². The van der Waals surface area contributed by atoms with Gasteiger partial charge in [0.25, 0.3) is 0 Å². The molecule has 5 nitrogen and oxygen atoms in total. The van der Waals surface area contributed by atoms with Gasteiger partial charge in [0.05, 0.1) is 0 Å². The lowest BCUT2D eigenvalue weighted by atomic mass is 10.1. The second-order valence-electron chi connectivity index (χ2n) is 5.35. The number of ether oxygens (including phenoxy) is 2. The lowest BCUT2D eigenvalue weighted by Crippen LogP contribution is -2.28. The molecule has 1 aromatic heterocycles. The summed E-state index contributed by atoms with van der Waals surface area (Å²) in [6.45, 7) is 5.03. The molecule has 0 aliphatic heterocycles. The smallest absolute Gasteiger partial charge is 0.342 e. The number of aromatic nitrogens is 1. The van der Waals surface area contributed by atoms with Crippen LogP contribution in [0.4, 0.5) is 0 Å². The topological polar surface area (TPSA) is 65.5 Å². The molecule has 0 atom stereocenters. The standard InChI is InChI=1S/C15H18BrNO4/c1-15(2,3)21-14(19)12(13(18)9-20-4)6-10-5-11(16)8-17-7-10/h5-8H,9H2,1-4H3/b12-6-. The van der Waals surface area contributed by atoms with E-state index in [0.717, 1.165) is 4.47 Å². The fourth-order valence-corrected chi connectivity index (χ4v) is 1.85. The van der Waals surface area contributed by atoms with Gasteiger partial charge in [0.2, 0.25) is 0 Å². The Morgan fingerprint density at radius 3 is 2.52 bits per heavy atom. The third kappa shape index (κ3) is 6.18. The number of carbonyl (C=O) groups excluding carboxylic acids is 2. The molecule has 0 aromatic carbocycles. The number of nitrogens with zero attached hydrogens (tertiary/aromatic N) is 1. The number of methoxy groups -OCH3 is 1. The normalized spacial score (nSPS) is 12.1. The maximum atomic E-state index is 12.2. The molecule has 0 saturated heterocycles. The summed E-state index contributed by atoms with van der Waals surface area (Å²) in [6, 6.07) is 1.75. The third-order valence-electron chi connectivity index (χ3n) is 2.23. The number of hydrogen-bond acceptors (Lipinski definition) is 5. The van der Waals surface area contributed by atoms with Crippen LogP contribution in [0.15, 0.2) is 28.5 Å². The Morgan fingerprint density at radius 2 is 2.00 bits per heavy atom. The fourth-order valence-electron chi connectivity index (χ4n) is 1.47. The Labute approximate surface area is 132 Å². The molecule has 6 heteroatoms. The molecule has 0 aliphatic rings. The van der Waals surface area contributed by atoms with E-state index in [1.807, 2.05) is 0 Å². The summed E-state index contributed by atoms with van der Waals surface area (Å²) < 4.78 is 10.8. The summed E-state index contributed by atoms with van der Waals surface area (Å²) in [6.07, 6.45) is 4.61. The minimum absolute atomic E-state index is 0.0633. The number of halogens is 1. The SMILES string of the molecule is COCC(=O)/C(=C/c1cncc(Br)c1)C(=O)OC(C)(C)C. The van der Waals surface area contributed by atoms with Gasteiger partial charge < -0.3 is 9.47 Å². The zero-order chi connectivity index (χ0) is 16.0. The highest BCUT2D eigenvalue weighted by molar-refractivity contribution is 9.10. The molecule has 1 heterocycles. The van der Waals surface area contributed by atoms with Crippen LogP contribution in [0.5, 0.6) is 0 Å². The number of ketones is 1. The van der Waals surface area contributed by atoms with Crippen molar-refractivity contribution in [2.45, 2.75) is 26.4 Å². The molecule has 0 amide bonds. The molecule has 0 bridgehead atoms. The van der Waals surface area contributed by atoms with E-state index in [1.165, 1.54) is 13.2 Å². The van der Waals surface area contributed by atoms with Crippen LogP contribution in [0.25, 0.3) is 6.08 Å². The van der Waals surface area contributed by atoms with Crippen molar-refractivity contribution in [1.82, 2.24) is 4.98 Å². The second kappa shape index (κ2) is 7.47. The van der Waals surface area contributed by atoms with Gasteiger partial charge in [0.15, 0.2) is 5.78 Å². The summed E-state index contributed by atoms with van der Waals surface area (Å²) in [7, 11) is 1.39. The van der Waals surface area contributed by atoms with Crippen molar-refractivity contribution in [2.24, 2.45) is 0 Å². The quantitative estimate of drug-likeness (QED) is 0.351. The molecule has 0 saturated carbocycles. The second-order valence-corrected chi connectivity index (χ2v) is 6.27. The van der Waals surface area contributed by atoms with Gasteiger partial charge in [-0.3, -0.25) is 9.78 Å². The molecule has 114 valence electrons. The average molecular weight is 356 g/mol. The maximum absolute atomic E-state index is 12.2. The number of rotatable bonds is 5. The van der Waals surface area contributed by atoms with Crippen molar-refractivity contribution < 1.29 is 19.1 Å². The van der Waals surface area contributed by atoms with Gasteiger partial charge in [-0.2, -0.15) is 0 Å².